The van der Waals surface area contributed by atoms with Crippen LogP contribution in [-0.2, 0) is 0 Å². The predicted octanol–water partition coefficient (Wildman–Crippen LogP) is 5.05. The summed E-state index contributed by atoms with van der Waals surface area (Å²) in [5, 5.41) is 8.76. The Morgan fingerprint density at radius 2 is 1.79 bits per heavy atom. The molecular formula is C24H19F2N3O4. The molecule has 0 fully saturated rings. The maximum absolute atomic E-state index is 13.0. The SMILES string of the molecule is O=C(Nc1ccc2c(c1)OCO2)N1CC(c2ccccc2)C(c2ccc(OC(F)F)cc2)=N1. The highest BCUT2D eigenvalue weighted by Gasteiger charge is 2.32. The summed E-state index contributed by atoms with van der Waals surface area (Å²) in [7, 11) is 0. The van der Waals surface area contributed by atoms with E-state index in [9.17, 15) is 13.6 Å². The standard InChI is InChI=1S/C24H19F2N3O4/c25-23(26)33-18-9-6-16(7-10-18)22-19(15-4-2-1-3-5-15)13-29(28-22)24(30)27-17-8-11-20-21(12-17)32-14-31-20/h1-12,19,23H,13-14H2,(H,27,30). The van der Waals surface area contributed by atoms with Crippen molar-refractivity contribution >= 4 is 17.4 Å². The first-order valence-electron chi connectivity index (χ1n) is 10.2. The van der Waals surface area contributed by atoms with Crippen LogP contribution in [0.3, 0.4) is 0 Å². The number of amides is 2. The molecule has 3 aromatic carbocycles. The molecule has 168 valence electrons. The second-order valence-electron chi connectivity index (χ2n) is 7.43. The lowest BCUT2D eigenvalue weighted by Gasteiger charge is -2.16. The molecular weight excluding hydrogens is 432 g/mol. The Balaban J connectivity index is 1.40. The van der Waals surface area contributed by atoms with Gasteiger partial charge in [-0.05, 0) is 47.5 Å². The minimum absolute atomic E-state index is 0.0565. The molecule has 0 aliphatic carbocycles. The van der Waals surface area contributed by atoms with Crippen LogP contribution >= 0.6 is 0 Å². The number of rotatable bonds is 5. The van der Waals surface area contributed by atoms with Crippen LogP contribution in [0, 0.1) is 0 Å². The predicted molar refractivity (Wildman–Crippen MR) is 117 cm³/mol. The molecule has 2 aliphatic rings. The molecule has 2 heterocycles. The molecule has 0 aromatic heterocycles. The number of benzene rings is 3. The number of hydrogen-bond donors (Lipinski definition) is 1. The average Bonchev–Trinajstić information content (AvgIpc) is 3.47. The molecule has 1 unspecified atom stereocenters. The van der Waals surface area contributed by atoms with Gasteiger partial charge in [-0.15, -0.1) is 0 Å². The maximum atomic E-state index is 13.0. The van der Waals surface area contributed by atoms with Crippen LogP contribution < -0.4 is 19.5 Å². The molecule has 5 rings (SSSR count). The highest BCUT2D eigenvalue weighted by atomic mass is 19.3. The Hall–Kier alpha value is -4.14. The number of halogens is 2. The molecule has 7 nitrogen and oxygen atoms in total. The third kappa shape index (κ3) is 4.43. The molecule has 2 aliphatic heterocycles. The van der Waals surface area contributed by atoms with Crippen molar-refractivity contribution in [2.45, 2.75) is 12.5 Å². The number of carbonyl (C=O) groups is 1. The van der Waals surface area contributed by atoms with E-state index in [2.05, 4.69) is 15.2 Å². The van der Waals surface area contributed by atoms with Crippen molar-refractivity contribution < 1.29 is 27.8 Å². The number of hydrogen-bond acceptors (Lipinski definition) is 5. The first-order chi connectivity index (χ1) is 16.1. The highest BCUT2D eigenvalue weighted by Crippen LogP contribution is 2.35. The lowest BCUT2D eigenvalue weighted by atomic mass is 9.90. The number of carbonyl (C=O) groups excluding carboxylic acids is 1. The monoisotopic (exact) mass is 451 g/mol. The largest absolute Gasteiger partial charge is 0.454 e. The number of anilines is 1. The molecule has 0 spiro atoms. The molecule has 0 radical (unpaired) electrons. The Morgan fingerprint density at radius 1 is 1.03 bits per heavy atom. The highest BCUT2D eigenvalue weighted by molar-refractivity contribution is 6.08. The van der Waals surface area contributed by atoms with Crippen molar-refractivity contribution in [1.29, 1.82) is 0 Å². The molecule has 33 heavy (non-hydrogen) atoms. The zero-order chi connectivity index (χ0) is 22.8. The van der Waals surface area contributed by atoms with Gasteiger partial charge in [-0.3, -0.25) is 0 Å². The zero-order valence-electron chi connectivity index (χ0n) is 17.3. The van der Waals surface area contributed by atoms with Gasteiger partial charge in [-0.2, -0.15) is 13.9 Å². The van der Waals surface area contributed by atoms with Gasteiger partial charge in [0.25, 0.3) is 0 Å². The number of nitrogens with zero attached hydrogens (tertiary/aromatic N) is 2. The minimum atomic E-state index is -2.90. The third-order valence-corrected chi connectivity index (χ3v) is 5.35. The summed E-state index contributed by atoms with van der Waals surface area (Å²) in [4.78, 5) is 13.0. The zero-order valence-corrected chi connectivity index (χ0v) is 17.3. The van der Waals surface area contributed by atoms with E-state index in [0.29, 0.717) is 35.0 Å². The topological polar surface area (TPSA) is 72.4 Å². The molecule has 0 saturated heterocycles. The lowest BCUT2D eigenvalue weighted by Crippen LogP contribution is -2.30. The van der Waals surface area contributed by atoms with E-state index < -0.39 is 12.6 Å². The lowest BCUT2D eigenvalue weighted by molar-refractivity contribution is -0.0498. The van der Waals surface area contributed by atoms with Crippen LogP contribution in [0.25, 0.3) is 0 Å². The van der Waals surface area contributed by atoms with Gasteiger partial charge in [-0.1, -0.05) is 30.3 Å². The first-order valence-corrected chi connectivity index (χ1v) is 10.2. The second kappa shape index (κ2) is 8.78. The van der Waals surface area contributed by atoms with E-state index in [1.807, 2.05) is 30.3 Å². The smallest absolute Gasteiger partial charge is 0.387 e. The van der Waals surface area contributed by atoms with Gasteiger partial charge in [0.1, 0.15) is 5.75 Å². The van der Waals surface area contributed by atoms with Gasteiger partial charge >= 0.3 is 12.6 Å². The summed E-state index contributed by atoms with van der Waals surface area (Å²) in [6.45, 7) is -2.43. The van der Waals surface area contributed by atoms with Crippen molar-refractivity contribution in [3.05, 3.63) is 83.9 Å². The summed E-state index contributed by atoms with van der Waals surface area (Å²) in [6, 6.07) is 20.7. The van der Waals surface area contributed by atoms with Crippen molar-refractivity contribution in [3.8, 4) is 17.2 Å². The Labute approximate surface area is 188 Å². The number of ether oxygens (including phenoxy) is 3. The average molecular weight is 451 g/mol. The van der Waals surface area contributed by atoms with Crippen molar-refractivity contribution in [1.82, 2.24) is 5.01 Å². The molecule has 0 bridgehead atoms. The first kappa shape index (κ1) is 20.7. The molecule has 0 saturated carbocycles. The number of urea groups is 1. The third-order valence-electron chi connectivity index (χ3n) is 5.35. The van der Waals surface area contributed by atoms with Crippen molar-refractivity contribution in [2.24, 2.45) is 5.10 Å². The molecule has 1 atom stereocenters. The van der Waals surface area contributed by atoms with Gasteiger partial charge in [0.05, 0.1) is 12.3 Å². The van der Waals surface area contributed by atoms with E-state index in [1.54, 1.807) is 30.3 Å². The van der Waals surface area contributed by atoms with Crippen molar-refractivity contribution in [3.63, 3.8) is 0 Å². The minimum Gasteiger partial charge on any atom is -0.454 e. The van der Waals surface area contributed by atoms with Gasteiger partial charge in [-0.25, -0.2) is 9.80 Å². The van der Waals surface area contributed by atoms with Crippen molar-refractivity contribution in [2.75, 3.05) is 18.7 Å². The second-order valence-corrected chi connectivity index (χ2v) is 7.43. The molecule has 9 heteroatoms. The summed E-state index contributed by atoms with van der Waals surface area (Å²) < 4.78 is 40.1. The quantitative estimate of drug-likeness (QED) is 0.589. The Kier molecular flexibility index (Phi) is 5.52. The fourth-order valence-corrected chi connectivity index (χ4v) is 3.81. The molecule has 1 N–H and O–H groups in total. The summed E-state index contributed by atoms with van der Waals surface area (Å²) in [6.07, 6.45) is 0. The molecule has 2 amide bonds. The van der Waals surface area contributed by atoms with Gasteiger partial charge in [0.2, 0.25) is 6.79 Å². The number of hydrazone groups is 1. The molecule has 3 aromatic rings. The van der Waals surface area contributed by atoms with Crippen LogP contribution in [0.4, 0.5) is 19.3 Å². The fourth-order valence-electron chi connectivity index (χ4n) is 3.81. The van der Waals surface area contributed by atoms with Crippen LogP contribution in [0.2, 0.25) is 0 Å². The Morgan fingerprint density at radius 3 is 2.55 bits per heavy atom. The van der Waals surface area contributed by atoms with E-state index in [0.717, 1.165) is 5.56 Å². The number of alkyl halides is 2. The van der Waals surface area contributed by atoms with E-state index in [4.69, 9.17) is 9.47 Å². The summed E-state index contributed by atoms with van der Waals surface area (Å²) in [5.74, 6) is 1.06. The van der Waals surface area contributed by atoms with Crippen LogP contribution in [0.15, 0.2) is 77.9 Å². The van der Waals surface area contributed by atoms with Crippen LogP contribution in [0.5, 0.6) is 17.2 Å². The van der Waals surface area contributed by atoms with Gasteiger partial charge in [0, 0.05) is 17.7 Å². The summed E-state index contributed by atoms with van der Waals surface area (Å²) >= 11 is 0. The summed E-state index contributed by atoms with van der Waals surface area (Å²) in [5.41, 5.74) is 2.91. The van der Waals surface area contributed by atoms with Gasteiger partial charge in [0.15, 0.2) is 11.5 Å². The van der Waals surface area contributed by atoms with Crippen LogP contribution in [0.1, 0.15) is 17.0 Å². The Bertz CT molecular complexity index is 1190. The number of fused-ring (bicyclic) bond motifs is 1. The van der Waals surface area contributed by atoms with Crippen LogP contribution in [-0.4, -0.2) is 36.7 Å². The van der Waals surface area contributed by atoms with Gasteiger partial charge < -0.3 is 19.5 Å². The maximum Gasteiger partial charge on any atom is 0.387 e. The number of nitrogens with one attached hydrogen (secondary N) is 1. The van der Waals surface area contributed by atoms with E-state index in [1.165, 1.54) is 17.1 Å². The fraction of sp³-hybridized carbons (Fsp3) is 0.167. The van der Waals surface area contributed by atoms with E-state index >= 15 is 0 Å². The van der Waals surface area contributed by atoms with E-state index in [-0.39, 0.29) is 18.5 Å². The normalized spacial score (nSPS) is 16.6.